The van der Waals surface area contributed by atoms with Crippen molar-refractivity contribution in [1.82, 2.24) is 9.78 Å². The largest absolute Gasteiger partial charge is 0.494 e. The number of carbonyl (C=O) groups excluding carboxylic acids is 1. The highest BCUT2D eigenvalue weighted by Crippen LogP contribution is 2.15. The zero-order valence-corrected chi connectivity index (χ0v) is 16.3. The van der Waals surface area contributed by atoms with E-state index in [1.165, 1.54) is 0 Å². The molecular weight excluding hydrogens is 352 g/mol. The first-order valence-electron chi connectivity index (χ1n) is 9.37. The molecule has 0 radical (unpaired) electrons. The van der Waals surface area contributed by atoms with Crippen LogP contribution in [-0.4, -0.2) is 36.4 Å². The summed E-state index contributed by atoms with van der Waals surface area (Å²) in [6.45, 7) is 1.11. The van der Waals surface area contributed by atoms with E-state index in [1.54, 1.807) is 10.9 Å². The fourth-order valence-corrected chi connectivity index (χ4v) is 2.78. The van der Waals surface area contributed by atoms with Crippen LogP contribution < -0.4 is 15.0 Å². The van der Waals surface area contributed by atoms with Crippen LogP contribution in [0.5, 0.6) is 5.75 Å². The van der Waals surface area contributed by atoms with Gasteiger partial charge in [0.15, 0.2) is 0 Å². The van der Waals surface area contributed by atoms with Crippen LogP contribution >= 0.6 is 0 Å². The minimum atomic E-state index is -0.0404. The van der Waals surface area contributed by atoms with Gasteiger partial charge in [0, 0.05) is 32.3 Å². The summed E-state index contributed by atoms with van der Waals surface area (Å²) in [5, 5.41) is 7.26. The molecule has 0 aliphatic heterocycles. The zero-order chi connectivity index (χ0) is 19.8. The second-order valence-electron chi connectivity index (χ2n) is 6.75. The van der Waals surface area contributed by atoms with Gasteiger partial charge in [0.05, 0.1) is 19.3 Å². The number of ether oxygens (including phenoxy) is 1. The van der Waals surface area contributed by atoms with E-state index in [1.807, 2.05) is 50.5 Å². The van der Waals surface area contributed by atoms with E-state index in [4.69, 9.17) is 4.74 Å². The molecule has 0 aliphatic carbocycles. The quantitative estimate of drug-likeness (QED) is 0.576. The van der Waals surface area contributed by atoms with Crippen molar-refractivity contribution in [2.24, 2.45) is 0 Å². The lowest BCUT2D eigenvalue weighted by atomic mass is 10.2. The Hall–Kier alpha value is -3.28. The van der Waals surface area contributed by atoms with Crippen LogP contribution in [-0.2, 0) is 11.3 Å². The molecule has 1 heterocycles. The lowest BCUT2D eigenvalue weighted by Gasteiger charge is -2.13. The first-order valence-corrected chi connectivity index (χ1v) is 9.37. The molecule has 0 spiro atoms. The number of nitrogens with zero attached hydrogens (tertiary/aromatic N) is 3. The average molecular weight is 378 g/mol. The predicted octanol–water partition coefficient (Wildman–Crippen LogP) is 3.80. The third-order valence-corrected chi connectivity index (χ3v) is 4.33. The highest BCUT2D eigenvalue weighted by Gasteiger charge is 2.08. The van der Waals surface area contributed by atoms with Gasteiger partial charge in [0.2, 0.25) is 5.91 Å². The van der Waals surface area contributed by atoms with E-state index >= 15 is 0 Å². The van der Waals surface area contributed by atoms with Gasteiger partial charge in [0.25, 0.3) is 0 Å². The minimum Gasteiger partial charge on any atom is -0.494 e. The predicted molar refractivity (Wildman–Crippen MR) is 112 cm³/mol. The molecule has 0 saturated heterocycles. The van der Waals surface area contributed by atoms with E-state index in [0.717, 1.165) is 17.0 Å². The summed E-state index contributed by atoms with van der Waals surface area (Å²) >= 11 is 0. The van der Waals surface area contributed by atoms with Crippen molar-refractivity contribution in [2.45, 2.75) is 19.4 Å². The minimum absolute atomic E-state index is 0.0404. The number of hydrogen-bond donors (Lipinski definition) is 1. The summed E-state index contributed by atoms with van der Waals surface area (Å²) in [5.74, 6) is 1.48. The molecule has 0 atom stereocenters. The number of amides is 1. The smallest absolute Gasteiger partial charge is 0.225 e. The Morgan fingerprint density at radius 3 is 2.54 bits per heavy atom. The fraction of sp³-hybridized carbons (Fsp3) is 0.273. The second-order valence-corrected chi connectivity index (χ2v) is 6.75. The highest BCUT2D eigenvalue weighted by molar-refractivity contribution is 5.89. The first-order chi connectivity index (χ1) is 13.6. The maximum absolute atomic E-state index is 12.2. The lowest BCUT2D eigenvalue weighted by Crippen LogP contribution is -2.16. The molecule has 1 aromatic heterocycles. The molecule has 0 unspecified atom stereocenters. The van der Waals surface area contributed by atoms with Gasteiger partial charge in [0.1, 0.15) is 11.6 Å². The van der Waals surface area contributed by atoms with E-state index < -0.39 is 0 Å². The zero-order valence-electron chi connectivity index (χ0n) is 16.3. The van der Waals surface area contributed by atoms with Crippen molar-refractivity contribution in [2.75, 3.05) is 30.9 Å². The summed E-state index contributed by atoms with van der Waals surface area (Å²) < 4.78 is 7.41. The first kappa shape index (κ1) is 19.5. The number of nitrogens with one attached hydrogen (secondary N) is 1. The molecule has 3 aromatic rings. The molecule has 3 rings (SSSR count). The second kappa shape index (κ2) is 9.60. The third-order valence-electron chi connectivity index (χ3n) is 4.33. The maximum Gasteiger partial charge on any atom is 0.225 e. The van der Waals surface area contributed by atoms with Crippen molar-refractivity contribution < 1.29 is 9.53 Å². The Labute approximate surface area is 165 Å². The Morgan fingerprint density at radius 1 is 1.07 bits per heavy atom. The van der Waals surface area contributed by atoms with Crippen LogP contribution in [0.3, 0.4) is 0 Å². The third kappa shape index (κ3) is 5.61. The molecule has 1 amide bonds. The topological polar surface area (TPSA) is 59.4 Å². The van der Waals surface area contributed by atoms with Gasteiger partial charge in [-0.1, -0.05) is 30.3 Å². The molecule has 28 heavy (non-hydrogen) atoms. The van der Waals surface area contributed by atoms with Crippen LogP contribution in [0.15, 0.2) is 66.9 Å². The van der Waals surface area contributed by atoms with Crippen molar-refractivity contribution in [3.8, 4) is 5.75 Å². The van der Waals surface area contributed by atoms with Crippen LogP contribution in [0.4, 0.5) is 11.5 Å². The van der Waals surface area contributed by atoms with Crippen LogP contribution in [0.2, 0.25) is 0 Å². The van der Waals surface area contributed by atoms with Gasteiger partial charge in [-0.3, -0.25) is 4.79 Å². The Kier molecular flexibility index (Phi) is 6.68. The maximum atomic E-state index is 12.2. The summed E-state index contributed by atoms with van der Waals surface area (Å²) in [6, 6.07) is 19.7. The van der Waals surface area contributed by atoms with E-state index in [2.05, 4.69) is 39.6 Å². The molecule has 2 aromatic carbocycles. The van der Waals surface area contributed by atoms with Gasteiger partial charge in [-0.15, -0.1) is 0 Å². The molecule has 0 saturated carbocycles. The Bertz CT molecular complexity index is 873. The number of carbonyl (C=O) groups is 1. The van der Waals surface area contributed by atoms with Crippen LogP contribution in [0.1, 0.15) is 18.4 Å². The molecule has 146 valence electrons. The van der Waals surface area contributed by atoms with E-state index in [0.29, 0.717) is 31.8 Å². The number of para-hydroxylation sites is 1. The van der Waals surface area contributed by atoms with Crippen LogP contribution in [0, 0.1) is 0 Å². The van der Waals surface area contributed by atoms with Gasteiger partial charge in [-0.25, -0.2) is 4.68 Å². The van der Waals surface area contributed by atoms with Crippen molar-refractivity contribution in [3.63, 3.8) is 0 Å². The van der Waals surface area contributed by atoms with Gasteiger partial charge in [-0.05, 0) is 36.2 Å². The molecule has 0 aliphatic rings. The number of rotatable bonds is 9. The van der Waals surface area contributed by atoms with Gasteiger partial charge < -0.3 is 15.0 Å². The van der Waals surface area contributed by atoms with Gasteiger partial charge in [-0.2, -0.15) is 5.10 Å². The van der Waals surface area contributed by atoms with Crippen molar-refractivity contribution >= 4 is 17.4 Å². The average Bonchev–Trinajstić information content (AvgIpc) is 3.13. The Balaban J connectivity index is 1.47. The number of benzene rings is 2. The summed E-state index contributed by atoms with van der Waals surface area (Å²) in [5.41, 5.74) is 2.27. The van der Waals surface area contributed by atoms with Crippen LogP contribution in [0.25, 0.3) is 0 Å². The molecule has 6 nitrogen and oxygen atoms in total. The number of anilines is 2. The van der Waals surface area contributed by atoms with Crippen molar-refractivity contribution in [3.05, 3.63) is 72.4 Å². The summed E-state index contributed by atoms with van der Waals surface area (Å²) in [4.78, 5) is 14.3. The SMILES string of the molecule is CN(C)c1ccc(Cn2nccc2NC(=O)CCCOc2ccccc2)cc1. The molecular formula is C22H26N4O2. The number of aromatic nitrogens is 2. The summed E-state index contributed by atoms with van der Waals surface area (Å²) in [6.07, 6.45) is 2.75. The molecule has 0 fully saturated rings. The number of hydrogen-bond acceptors (Lipinski definition) is 4. The summed E-state index contributed by atoms with van der Waals surface area (Å²) in [7, 11) is 4.03. The molecule has 0 bridgehead atoms. The molecule has 1 N–H and O–H groups in total. The normalized spacial score (nSPS) is 10.5. The monoisotopic (exact) mass is 378 g/mol. The Morgan fingerprint density at radius 2 is 1.82 bits per heavy atom. The van der Waals surface area contributed by atoms with Gasteiger partial charge >= 0.3 is 0 Å². The fourth-order valence-electron chi connectivity index (χ4n) is 2.78. The standard InChI is InChI=1S/C22H26N4O2/c1-25(2)19-12-10-18(11-13-19)17-26-21(14-15-23-26)24-22(27)9-6-16-28-20-7-4-3-5-8-20/h3-5,7-8,10-15H,6,9,16-17H2,1-2H3,(H,24,27). The molecule has 6 heteroatoms. The van der Waals surface area contributed by atoms with E-state index in [-0.39, 0.29) is 5.91 Å². The highest BCUT2D eigenvalue weighted by atomic mass is 16.5. The lowest BCUT2D eigenvalue weighted by molar-refractivity contribution is -0.116. The van der Waals surface area contributed by atoms with E-state index in [9.17, 15) is 4.79 Å². The van der Waals surface area contributed by atoms with Crippen molar-refractivity contribution in [1.29, 1.82) is 0 Å².